The quantitative estimate of drug-likeness (QED) is 0.162. The highest BCUT2D eigenvalue weighted by molar-refractivity contribution is 7.99. The van der Waals surface area contributed by atoms with Gasteiger partial charge in [0.05, 0.1) is 39.4 Å². The molecular weight excluding hydrogens is 797 g/mol. The first-order valence-electron chi connectivity index (χ1n) is 21.6. The molecule has 0 amide bonds. The Balaban J connectivity index is 1.07. The fourth-order valence-electron chi connectivity index (χ4n) is 10.3. The minimum atomic E-state index is -0.550. The van der Waals surface area contributed by atoms with Gasteiger partial charge in [-0.15, -0.1) is 0 Å². The number of hydrogen-bond acceptors (Lipinski definition) is 5. The summed E-state index contributed by atoms with van der Waals surface area (Å²) >= 11 is 1.88. The van der Waals surface area contributed by atoms with Crippen molar-refractivity contribution in [2.24, 2.45) is 0 Å². The topological polar surface area (TPSA) is 51.6 Å². The summed E-state index contributed by atoms with van der Waals surface area (Å²) in [7, 11) is 0. The van der Waals surface area contributed by atoms with Gasteiger partial charge in [0.2, 0.25) is 0 Å². The molecule has 0 N–H and O–H groups in total. The first kappa shape index (κ1) is 36.6. The van der Waals surface area contributed by atoms with Crippen LogP contribution in [0.1, 0.15) is 22.3 Å². The maximum atomic E-state index is 5.39. The molecule has 11 aromatic rings. The molecule has 0 saturated heterocycles. The van der Waals surface area contributed by atoms with Crippen molar-refractivity contribution in [2.45, 2.75) is 15.2 Å². The largest absolute Gasteiger partial charge is 0.255 e. The Kier molecular flexibility index (Phi) is 8.33. The van der Waals surface area contributed by atoms with Crippen LogP contribution in [-0.4, -0.2) is 19.9 Å². The predicted octanol–water partition coefficient (Wildman–Crippen LogP) is 14.7. The Labute approximate surface area is 375 Å². The number of benzene rings is 7. The average Bonchev–Trinajstić information content (AvgIpc) is 3.66. The molecule has 7 aromatic carbocycles. The van der Waals surface area contributed by atoms with Crippen molar-refractivity contribution in [2.75, 3.05) is 0 Å². The summed E-state index contributed by atoms with van der Waals surface area (Å²) < 4.78 is 0. The van der Waals surface area contributed by atoms with Gasteiger partial charge in [0.1, 0.15) is 0 Å². The molecule has 0 bridgehead atoms. The molecule has 13 rings (SSSR count). The lowest BCUT2D eigenvalue weighted by Gasteiger charge is -2.39. The number of fused-ring (bicyclic) bond motifs is 12. The molecule has 1 aliphatic carbocycles. The van der Waals surface area contributed by atoms with E-state index in [1.54, 1.807) is 0 Å². The van der Waals surface area contributed by atoms with E-state index in [0.29, 0.717) is 0 Å². The van der Waals surface area contributed by atoms with E-state index in [0.717, 1.165) is 67.0 Å². The lowest BCUT2D eigenvalue weighted by Crippen LogP contribution is -2.32. The summed E-state index contributed by atoms with van der Waals surface area (Å²) in [4.78, 5) is 22.3. The Morgan fingerprint density at radius 1 is 0.344 bits per heavy atom. The highest BCUT2D eigenvalue weighted by Gasteiger charge is 2.51. The third-order valence-electron chi connectivity index (χ3n) is 13.0. The fraction of sp³-hybridized carbons (Fsp3) is 0.0169. The first-order chi connectivity index (χ1) is 31.7. The highest BCUT2D eigenvalue weighted by Crippen LogP contribution is 2.64. The van der Waals surface area contributed by atoms with Gasteiger partial charge in [0.15, 0.2) is 0 Å². The molecule has 1 aliphatic heterocycles. The van der Waals surface area contributed by atoms with Crippen molar-refractivity contribution >= 4 is 33.4 Å². The normalized spacial score (nSPS) is 13.1. The van der Waals surface area contributed by atoms with Gasteiger partial charge in [0.25, 0.3) is 0 Å². The van der Waals surface area contributed by atoms with Crippen LogP contribution in [0, 0.1) is 0 Å². The molecule has 0 radical (unpaired) electrons. The van der Waals surface area contributed by atoms with Gasteiger partial charge in [-0.05, 0) is 128 Å². The van der Waals surface area contributed by atoms with Gasteiger partial charge in [-0.1, -0.05) is 151 Å². The molecule has 4 nitrogen and oxygen atoms in total. The van der Waals surface area contributed by atoms with E-state index in [1.807, 2.05) is 60.6 Å². The van der Waals surface area contributed by atoms with Crippen molar-refractivity contribution in [3.05, 3.63) is 241 Å². The number of para-hydroxylation sites is 1. The summed E-state index contributed by atoms with van der Waals surface area (Å²) in [6.45, 7) is 0. The van der Waals surface area contributed by atoms with Crippen LogP contribution >= 0.6 is 11.8 Å². The fourth-order valence-corrected chi connectivity index (χ4v) is 11.5. The highest BCUT2D eigenvalue weighted by atomic mass is 32.2. The molecular formula is C59H36N4S. The van der Waals surface area contributed by atoms with Gasteiger partial charge in [0, 0.05) is 38.5 Å². The van der Waals surface area contributed by atoms with Crippen molar-refractivity contribution in [1.29, 1.82) is 0 Å². The van der Waals surface area contributed by atoms with Gasteiger partial charge in [-0.3, -0.25) is 9.97 Å². The van der Waals surface area contributed by atoms with E-state index in [9.17, 15) is 0 Å². The Morgan fingerprint density at radius 3 is 1.64 bits per heavy atom. The van der Waals surface area contributed by atoms with Crippen molar-refractivity contribution < 1.29 is 0 Å². The Morgan fingerprint density at radius 2 is 0.953 bits per heavy atom. The minimum absolute atomic E-state index is 0.550. The van der Waals surface area contributed by atoms with Crippen LogP contribution in [0.3, 0.4) is 0 Å². The number of hydrogen-bond donors (Lipinski definition) is 0. The second kappa shape index (κ2) is 14.6. The summed E-state index contributed by atoms with van der Waals surface area (Å²) in [5.74, 6) is 0. The van der Waals surface area contributed by atoms with Crippen LogP contribution in [0.25, 0.3) is 89.1 Å². The van der Waals surface area contributed by atoms with E-state index in [-0.39, 0.29) is 0 Å². The zero-order valence-corrected chi connectivity index (χ0v) is 35.3. The van der Waals surface area contributed by atoms with Gasteiger partial charge in [-0.25, -0.2) is 9.97 Å². The molecule has 5 heteroatoms. The summed E-state index contributed by atoms with van der Waals surface area (Å²) in [5.41, 5.74) is 18.0. The van der Waals surface area contributed by atoms with Crippen LogP contribution in [0.15, 0.2) is 228 Å². The van der Waals surface area contributed by atoms with Crippen LogP contribution in [0.5, 0.6) is 0 Å². The van der Waals surface area contributed by atoms with Crippen LogP contribution in [0.2, 0.25) is 0 Å². The monoisotopic (exact) mass is 832 g/mol. The van der Waals surface area contributed by atoms with Crippen LogP contribution in [-0.2, 0) is 5.41 Å². The molecule has 0 saturated carbocycles. The molecule has 4 aromatic heterocycles. The molecule has 64 heavy (non-hydrogen) atoms. The zero-order chi connectivity index (χ0) is 42.2. The van der Waals surface area contributed by atoms with E-state index < -0.39 is 5.41 Å². The minimum Gasteiger partial charge on any atom is -0.255 e. The molecule has 0 unspecified atom stereocenters. The van der Waals surface area contributed by atoms with Gasteiger partial charge < -0.3 is 0 Å². The molecule has 2 aliphatic rings. The maximum absolute atomic E-state index is 5.39. The predicted molar refractivity (Wildman–Crippen MR) is 261 cm³/mol. The third kappa shape index (κ3) is 5.57. The summed E-state index contributed by atoms with van der Waals surface area (Å²) in [5, 5.41) is 3.51. The lowest BCUT2D eigenvalue weighted by molar-refractivity contribution is 0.723. The first-order valence-corrected chi connectivity index (χ1v) is 22.4. The Hall–Kier alpha value is -7.99. The van der Waals surface area contributed by atoms with Crippen molar-refractivity contribution in [3.63, 3.8) is 0 Å². The molecule has 5 heterocycles. The standard InChI is InChI=1S/C59H36N4S/c1-2-15-39(16-3-1)58-44-35-45-49(36-43(44)42-17-4-7-22-50(42)63-58)59(46-19-5-8-25-55(46)64-56-26-9-6-20-47(56)59)48-21-14-18-41(57(45)48)38-29-27-37(28-30-38)40-33-53(51-23-10-12-31-60-51)62-54(34-40)52-24-11-13-32-61-52/h1-36H. The summed E-state index contributed by atoms with van der Waals surface area (Å²) in [6, 6.07) is 74.4. The number of pyridine rings is 4. The van der Waals surface area contributed by atoms with E-state index in [2.05, 4.69) is 180 Å². The average molecular weight is 833 g/mol. The number of rotatable bonds is 5. The van der Waals surface area contributed by atoms with Crippen molar-refractivity contribution in [1.82, 2.24) is 19.9 Å². The molecule has 0 atom stereocenters. The van der Waals surface area contributed by atoms with E-state index in [4.69, 9.17) is 9.97 Å². The second-order valence-electron chi connectivity index (χ2n) is 16.5. The SMILES string of the molecule is c1ccc(-c2nc3ccccc3c3cc4c(cc23)-c2c(-c3ccc(-c5cc(-c6ccccn6)nc(-c6ccccn6)c5)cc3)cccc2C42c3ccccc3Sc3ccccc32)cc1. The lowest BCUT2D eigenvalue weighted by atomic mass is 9.67. The molecule has 298 valence electrons. The van der Waals surface area contributed by atoms with E-state index in [1.165, 1.54) is 54.1 Å². The molecule has 1 spiro atoms. The second-order valence-corrected chi connectivity index (χ2v) is 17.6. The number of aromatic nitrogens is 4. The van der Waals surface area contributed by atoms with Crippen LogP contribution < -0.4 is 0 Å². The maximum Gasteiger partial charge on any atom is 0.0900 e. The molecule has 0 fully saturated rings. The number of nitrogens with zero attached hydrogens (tertiary/aromatic N) is 4. The van der Waals surface area contributed by atoms with E-state index >= 15 is 0 Å². The zero-order valence-electron chi connectivity index (χ0n) is 34.5. The Bertz CT molecular complexity index is 3520. The van der Waals surface area contributed by atoms with Gasteiger partial charge in [-0.2, -0.15) is 0 Å². The third-order valence-corrected chi connectivity index (χ3v) is 14.2. The van der Waals surface area contributed by atoms with Crippen molar-refractivity contribution in [3.8, 4) is 67.4 Å². The van der Waals surface area contributed by atoms with Gasteiger partial charge >= 0.3 is 0 Å². The van der Waals surface area contributed by atoms with Crippen LogP contribution in [0.4, 0.5) is 0 Å². The summed E-state index contributed by atoms with van der Waals surface area (Å²) in [6.07, 6.45) is 3.62. The smallest absolute Gasteiger partial charge is 0.0900 e.